The highest BCUT2D eigenvalue weighted by molar-refractivity contribution is 9.10. The van der Waals surface area contributed by atoms with Gasteiger partial charge in [0.25, 0.3) is 0 Å². The van der Waals surface area contributed by atoms with E-state index in [9.17, 15) is 8.78 Å². The summed E-state index contributed by atoms with van der Waals surface area (Å²) in [6.07, 6.45) is 1.87. The Morgan fingerprint density at radius 3 is 2.75 bits per heavy atom. The van der Waals surface area contributed by atoms with Gasteiger partial charge in [0, 0.05) is 24.3 Å². The molecule has 0 saturated heterocycles. The number of fused-ring (bicyclic) bond motifs is 1. The number of halogens is 3. The minimum Gasteiger partial charge on any atom is -0.379 e. The highest BCUT2D eigenvalue weighted by atomic mass is 79.9. The quantitative estimate of drug-likeness (QED) is 0.659. The largest absolute Gasteiger partial charge is 0.379 e. The Hall–Kier alpha value is -1.88. The van der Waals surface area contributed by atoms with Crippen LogP contribution in [0.2, 0.25) is 0 Å². The first kappa shape index (κ1) is 13.1. The molecule has 0 unspecified atom stereocenters. The first-order valence-electron chi connectivity index (χ1n) is 6.08. The standard InChI is InChI=1S/C15H11BrF2N2/c16-11-6-15(13(18)7-12(11)17)20-8-9-1-2-14-10(5-9)3-4-19-14/h1-7,19-20H,8H2. The second-order valence-corrected chi connectivity index (χ2v) is 5.35. The minimum atomic E-state index is -0.609. The number of benzene rings is 2. The van der Waals surface area contributed by atoms with Crippen molar-refractivity contribution in [2.45, 2.75) is 6.54 Å². The number of H-pyrrole nitrogens is 1. The maximum atomic E-state index is 13.6. The fourth-order valence-corrected chi connectivity index (χ4v) is 2.41. The van der Waals surface area contributed by atoms with E-state index in [1.807, 2.05) is 30.5 Å². The van der Waals surface area contributed by atoms with Crippen LogP contribution in [0.3, 0.4) is 0 Å². The summed E-state index contributed by atoms with van der Waals surface area (Å²) in [4.78, 5) is 3.12. The van der Waals surface area contributed by atoms with Crippen LogP contribution in [0.5, 0.6) is 0 Å². The smallest absolute Gasteiger partial charge is 0.149 e. The lowest BCUT2D eigenvalue weighted by Crippen LogP contribution is -2.02. The predicted octanol–water partition coefficient (Wildman–Crippen LogP) is 4.82. The number of aromatic amines is 1. The fourth-order valence-electron chi connectivity index (χ4n) is 2.07. The van der Waals surface area contributed by atoms with Crippen molar-refractivity contribution < 1.29 is 8.78 Å². The monoisotopic (exact) mass is 336 g/mol. The van der Waals surface area contributed by atoms with Gasteiger partial charge in [-0.2, -0.15) is 0 Å². The van der Waals surface area contributed by atoms with Gasteiger partial charge >= 0.3 is 0 Å². The molecule has 0 amide bonds. The summed E-state index contributed by atoms with van der Waals surface area (Å²) < 4.78 is 27.0. The van der Waals surface area contributed by atoms with Gasteiger partial charge < -0.3 is 10.3 Å². The van der Waals surface area contributed by atoms with E-state index in [0.29, 0.717) is 6.54 Å². The number of rotatable bonds is 3. The lowest BCUT2D eigenvalue weighted by atomic mass is 10.1. The third kappa shape index (κ3) is 2.54. The summed E-state index contributed by atoms with van der Waals surface area (Å²) in [6, 6.07) is 10.2. The van der Waals surface area contributed by atoms with E-state index in [-0.39, 0.29) is 10.2 Å². The van der Waals surface area contributed by atoms with E-state index in [1.165, 1.54) is 6.07 Å². The molecule has 1 aromatic heterocycles. The van der Waals surface area contributed by atoms with Gasteiger partial charge in [-0.1, -0.05) is 6.07 Å². The molecule has 1 heterocycles. The third-order valence-corrected chi connectivity index (χ3v) is 3.72. The summed E-state index contributed by atoms with van der Waals surface area (Å²) >= 11 is 3.05. The van der Waals surface area contributed by atoms with Crippen LogP contribution in [-0.2, 0) is 6.54 Å². The van der Waals surface area contributed by atoms with E-state index < -0.39 is 11.6 Å². The summed E-state index contributed by atoms with van der Waals surface area (Å²) in [5, 5.41) is 4.07. The van der Waals surface area contributed by atoms with Gasteiger partial charge in [-0.25, -0.2) is 8.78 Å². The summed E-state index contributed by atoms with van der Waals surface area (Å²) in [6.45, 7) is 0.468. The Bertz CT molecular complexity index is 768. The summed E-state index contributed by atoms with van der Waals surface area (Å²) in [7, 11) is 0. The highest BCUT2D eigenvalue weighted by Crippen LogP contribution is 2.24. The third-order valence-electron chi connectivity index (χ3n) is 3.11. The molecule has 5 heteroatoms. The molecule has 3 aromatic rings. The van der Waals surface area contributed by atoms with Crippen molar-refractivity contribution in [3.05, 3.63) is 64.3 Å². The molecule has 0 aliphatic rings. The number of anilines is 1. The van der Waals surface area contributed by atoms with Crippen LogP contribution in [0.15, 0.2) is 47.1 Å². The Balaban J connectivity index is 1.80. The van der Waals surface area contributed by atoms with E-state index in [4.69, 9.17) is 0 Å². The first-order valence-corrected chi connectivity index (χ1v) is 6.87. The average molecular weight is 337 g/mol. The Kier molecular flexibility index (Phi) is 3.44. The molecule has 2 nitrogen and oxygen atoms in total. The molecular weight excluding hydrogens is 326 g/mol. The van der Waals surface area contributed by atoms with Crippen LogP contribution in [0.25, 0.3) is 10.9 Å². The van der Waals surface area contributed by atoms with Gasteiger partial charge in [0.2, 0.25) is 0 Å². The van der Waals surface area contributed by atoms with Crippen molar-refractivity contribution in [3.63, 3.8) is 0 Å². The second kappa shape index (κ2) is 5.25. The van der Waals surface area contributed by atoms with Gasteiger partial charge in [0.15, 0.2) is 0 Å². The minimum absolute atomic E-state index is 0.238. The summed E-state index contributed by atoms with van der Waals surface area (Å²) in [5.41, 5.74) is 2.36. The van der Waals surface area contributed by atoms with Gasteiger partial charge in [0.1, 0.15) is 11.6 Å². The number of aromatic nitrogens is 1. The molecule has 2 aromatic carbocycles. The predicted molar refractivity (Wildman–Crippen MR) is 79.7 cm³/mol. The molecule has 102 valence electrons. The van der Waals surface area contributed by atoms with Crippen LogP contribution >= 0.6 is 15.9 Å². The first-order chi connectivity index (χ1) is 9.63. The molecule has 0 atom stereocenters. The lowest BCUT2D eigenvalue weighted by molar-refractivity contribution is 0.580. The van der Waals surface area contributed by atoms with Crippen LogP contribution < -0.4 is 5.32 Å². The molecule has 0 aliphatic carbocycles. The molecule has 0 spiro atoms. The zero-order valence-electron chi connectivity index (χ0n) is 10.4. The van der Waals surface area contributed by atoms with Crippen LogP contribution in [0, 0.1) is 11.6 Å². The van der Waals surface area contributed by atoms with Crippen molar-refractivity contribution in [1.82, 2.24) is 4.98 Å². The molecule has 0 saturated carbocycles. The number of hydrogen-bond acceptors (Lipinski definition) is 1. The van der Waals surface area contributed by atoms with Gasteiger partial charge in [-0.05, 0) is 51.1 Å². The van der Waals surface area contributed by atoms with Gasteiger partial charge in [-0.15, -0.1) is 0 Å². The van der Waals surface area contributed by atoms with Crippen LogP contribution in [0.4, 0.5) is 14.5 Å². The van der Waals surface area contributed by atoms with Gasteiger partial charge in [-0.3, -0.25) is 0 Å². The van der Waals surface area contributed by atoms with Crippen molar-refractivity contribution in [2.24, 2.45) is 0 Å². The van der Waals surface area contributed by atoms with E-state index in [2.05, 4.69) is 26.2 Å². The molecule has 3 rings (SSSR count). The van der Waals surface area contributed by atoms with E-state index in [0.717, 1.165) is 22.5 Å². The van der Waals surface area contributed by atoms with Crippen molar-refractivity contribution in [2.75, 3.05) is 5.32 Å². The molecule has 20 heavy (non-hydrogen) atoms. The number of nitrogens with one attached hydrogen (secondary N) is 2. The van der Waals surface area contributed by atoms with Crippen molar-refractivity contribution >= 4 is 32.5 Å². The second-order valence-electron chi connectivity index (χ2n) is 4.50. The lowest BCUT2D eigenvalue weighted by Gasteiger charge is -2.09. The Labute approximate surface area is 122 Å². The molecule has 0 radical (unpaired) electrons. The van der Waals surface area contributed by atoms with Crippen LogP contribution in [-0.4, -0.2) is 4.98 Å². The molecule has 0 aliphatic heterocycles. The van der Waals surface area contributed by atoms with Crippen molar-refractivity contribution in [1.29, 1.82) is 0 Å². The highest BCUT2D eigenvalue weighted by Gasteiger charge is 2.08. The van der Waals surface area contributed by atoms with E-state index in [1.54, 1.807) is 0 Å². The fraction of sp³-hybridized carbons (Fsp3) is 0.0667. The normalized spacial score (nSPS) is 10.9. The molecular formula is C15H11BrF2N2. The molecule has 0 bridgehead atoms. The van der Waals surface area contributed by atoms with Crippen molar-refractivity contribution in [3.8, 4) is 0 Å². The molecule has 2 N–H and O–H groups in total. The van der Waals surface area contributed by atoms with Gasteiger partial charge in [0.05, 0.1) is 10.2 Å². The topological polar surface area (TPSA) is 27.8 Å². The average Bonchev–Trinajstić information content (AvgIpc) is 2.89. The zero-order valence-corrected chi connectivity index (χ0v) is 12.0. The molecule has 0 fully saturated rings. The summed E-state index contributed by atoms with van der Waals surface area (Å²) in [5.74, 6) is -1.21. The van der Waals surface area contributed by atoms with Crippen LogP contribution in [0.1, 0.15) is 5.56 Å². The maximum absolute atomic E-state index is 13.6. The Morgan fingerprint density at radius 2 is 1.90 bits per heavy atom. The number of hydrogen-bond donors (Lipinski definition) is 2. The van der Waals surface area contributed by atoms with E-state index >= 15 is 0 Å². The Morgan fingerprint density at radius 1 is 1.05 bits per heavy atom. The zero-order chi connectivity index (χ0) is 14.1. The maximum Gasteiger partial charge on any atom is 0.149 e. The SMILES string of the molecule is Fc1cc(F)c(NCc2ccc3[nH]ccc3c2)cc1Br.